The molecular weight excluding hydrogens is 490 g/mol. The third-order valence-corrected chi connectivity index (χ3v) is 8.53. The summed E-state index contributed by atoms with van der Waals surface area (Å²) in [6.45, 7) is 10.5. The van der Waals surface area contributed by atoms with Gasteiger partial charge in [-0.15, -0.1) is 28.1 Å². The number of allylic oxidation sites excluding steroid dienone is 1. The molecule has 4 rings (SSSR count). The molecule has 0 spiro atoms. The second-order valence-electron chi connectivity index (χ2n) is 8.99. The van der Waals surface area contributed by atoms with Gasteiger partial charge in [0.25, 0.3) is 0 Å². The van der Waals surface area contributed by atoms with Crippen LogP contribution in [-0.4, -0.2) is 26.4 Å². The number of fused-ring (bicyclic) bond motifs is 1. The van der Waals surface area contributed by atoms with Gasteiger partial charge >= 0.3 is 0 Å². The van der Waals surface area contributed by atoms with Gasteiger partial charge in [-0.1, -0.05) is 48.9 Å². The van der Waals surface area contributed by atoms with Crippen molar-refractivity contribution in [1.29, 1.82) is 5.26 Å². The Kier molecular flexibility index (Phi) is 8.49. The zero-order chi connectivity index (χ0) is 25.7. The molecule has 36 heavy (non-hydrogen) atoms. The molecule has 188 valence electrons. The Hall–Kier alpha value is -3.09. The van der Waals surface area contributed by atoms with Crippen LogP contribution in [0.2, 0.25) is 0 Å². The van der Waals surface area contributed by atoms with E-state index in [9.17, 15) is 10.1 Å². The van der Waals surface area contributed by atoms with Gasteiger partial charge < -0.3 is 10.1 Å². The van der Waals surface area contributed by atoms with Crippen molar-refractivity contribution in [3.8, 4) is 11.8 Å². The highest BCUT2D eigenvalue weighted by Crippen LogP contribution is 2.40. The van der Waals surface area contributed by atoms with Crippen molar-refractivity contribution in [3.05, 3.63) is 64.3 Å². The SMILES string of the molecule is C=CCn1c(SCC(=O)Nc2sc3c(c2C#N)CCC(CC)C3)nnc1C(C)Oc1ccc(C)cc1. The fraction of sp³-hybridized carbons (Fsp3) is 0.407. The van der Waals surface area contributed by atoms with Crippen molar-refractivity contribution >= 4 is 34.0 Å². The predicted molar refractivity (Wildman–Crippen MR) is 145 cm³/mol. The van der Waals surface area contributed by atoms with Gasteiger partial charge in [0.15, 0.2) is 17.1 Å². The summed E-state index contributed by atoms with van der Waals surface area (Å²) in [5.41, 5.74) is 2.91. The second-order valence-corrected chi connectivity index (χ2v) is 11.0. The van der Waals surface area contributed by atoms with Gasteiger partial charge in [0, 0.05) is 11.4 Å². The van der Waals surface area contributed by atoms with E-state index in [0.717, 1.165) is 42.6 Å². The number of carbonyl (C=O) groups excluding carboxylic acids is 1. The summed E-state index contributed by atoms with van der Waals surface area (Å²) < 4.78 is 7.98. The number of hydrogen-bond donors (Lipinski definition) is 1. The summed E-state index contributed by atoms with van der Waals surface area (Å²) in [6, 6.07) is 10.2. The Bertz CT molecular complexity index is 1270. The molecule has 1 N–H and O–H groups in total. The van der Waals surface area contributed by atoms with Gasteiger partial charge in [-0.25, -0.2) is 0 Å². The molecule has 0 fully saturated rings. The average molecular weight is 522 g/mol. The first-order valence-electron chi connectivity index (χ1n) is 12.2. The third kappa shape index (κ3) is 5.82. The van der Waals surface area contributed by atoms with Crippen LogP contribution in [-0.2, 0) is 24.2 Å². The van der Waals surface area contributed by atoms with Crippen LogP contribution in [0.5, 0.6) is 5.75 Å². The van der Waals surface area contributed by atoms with Gasteiger partial charge in [-0.05, 0) is 56.7 Å². The monoisotopic (exact) mass is 521 g/mol. The van der Waals surface area contributed by atoms with Crippen molar-refractivity contribution in [2.75, 3.05) is 11.1 Å². The van der Waals surface area contributed by atoms with Crippen LogP contribution in [0.15, 0.2) is 42.1 Å². The summed E-state index contributed by atoms with van der Waals surface area (Å²) >= 11 is 2.86. The molecule has 1 aliphatic carbocycles. The van der Waals surface area contributed by atoms with Crippen LogP contribution in [0.25, 0.3) is 0 Å². The first-order valence-corrected chi connectivity index (χ1v) is 14.0. The van der Waals surface area contributed by atoms with Gasteiger partial charge in [0.1, 0.15) is 16.8 Å². The predicted octanol–water partition coefficient (Wildman–Crippen LogP) is 6.09. The van der Waals surface area contributed by atoms with Crippen molar-refractivity contribution < 1.29 is 9.53 Å². The van der Waals surface area contributed by atoms with Gasteiger partial charge in [0.05, 0.1) is 11.3 Å². The number of benzene rings is 1. The summed E-state index contributed by atoms with van der Waals surface area (Å²) in [5, 5.41) is 22.7. The molecule has 2 unspecified atom stereocenters. The fourth-order valence-electron chi connectivity index (χ4n) is 4.38. The minimum Gasteiger partial charge on any atom is -0.483 e. The lowest BCUT2D eigenvalue weighted by molar-refractivity contribution is -0.113. The minimum atomic E-state index is -0.328. The van der Waals surface area contributed by atoms with Crippen molar-refractivity contribution in [2.24, 2.45) is 5.92 Å². The first-order chi connectivity index (χ1) is 17.4. The first kappa shape index (κ1) is 26.0. The van der Waals surface area contributed by atoms with Gasteiger partial charge in [-0.3, -0.25) is 9.36 Å². The van der Waals surface area contributed by atoms with E-state index in [1.807, 2.05) is 42.7 Å². The van der Waals surface area contributed by atoms with E-state index in [4.69, 9.17) is 4.74 Å². The summed E-state index contributed by atoms with van der Waals surface area (Å²) in [5.74, 6) is 2.08. The van der Waals surface area contributed by atoms with Crippen LogP contribution in [0.1, 0.15) is 60.2 Å². The number of aryl methyl sites for hydroxylation is 1. The van der Waals surface area contributed by atoms with Crippen LogP contribution >= 0.6 is 23.1 Å². The number of hydrogen-bond acceptors (Lipinski definition) is 7. The van der Waals surface area contributed by atoms with E-state index >= 15 is 0 Å². The molecular formula is C27H31N5O2S2. The van der Waals surface area contributed by atoms with Gasteiger partial charge in [-0.2, -0.15) is 5.26 Å². The molecule has 0 radical (unpaired) electrons. The van der Waals surface area contributed by atoms with E-state index in [1.165, 1.54) is 16.6 Å². The van der Waals surface area contributed by atoms with Crippen molar-refractivity contribution in [3.63, 3.8) is 0 Å². The van der Waals surface area contributed by atoms with Crippen molar-refractivity contribution in [1.82, 2.24) is 14.8 Å². The smallest absolute Gasteiger partial charge is 0.235 e. The number of amides is 1. The normalized spacial score (nSPS) is 15.6. The number of aromatic nitrogens is 3. The second kappa shape index (κ2) is 11.8. The van der Waals surface area contributed by atoms with E-state index in [2.05, 4.69) is 35.1 Å². The Morgan fingerprint density at radius 1 is 1.42 bits per heavy atom. The number of carbonyl (C=O) groups is 1. The molecule has 0 saturated carbocycles. The molecule has 3 aromatic rings. The molecule has 0 saturated heterocycles. The fourth-order valence-corrected chi connectivity index (χ4v) is 6.47. The number of anilines is 1. The summed E-state index contributed by atoms with van der Waals surface area (Å²) in [4.78, 5) is 14.1. The highest BCUT2D eigenvalue weighted by atomic mass is 32.2. The third-order valence-electron chi connectivity index (χ3n) is 6.40. The molecule has 2 heterocycles. The van der Waals surface area contributed by atoms with E-state index in [0.29, 0.717) is 34.0 Å². The lowest BCUT2D eigenvalue weighted by Crippen LogP contribution is -2.15. The van der Waals surface area contributed by atoms with Crippen LogP contribution in [0, 0.1) is 24.2 Å². The number of rotatable bonds is 10. The molecule has 9 heteroatoms. The molecule has 7 nitrogen and oxygen atoms in total. The minimum absolute atomic E-state index is 0.160. The molecule has 1 aliphatic rings. The number of nitriles is 1. The molecule has 1 aromatic carbocycles. The molecule has 2 aromatic heterocycles. The topological polar surface area (TPSA) is 92.8 Å². The molecule has 0 bridgehead atoms. The lowest BCUT2D eigenvalue weighted by atomic mass is 9.86. The van der Waals surface area contributed by atoms with E-state index in [1.54, 1.807) is 17.4 Å². The molecule has 0 aliphatic heterocycles. The maximum absolute atomic E-state index is 12.8. The molecule has 2 atom stereocenters. The lowest BCUT2D eigenvalue weighted by Gasteiger charge is -2.20. The number of nitrogens with one attached hydrogen (secondary N) is 1. The number of nitrogens with zero attached hydrogens (tertiary/aromatic N) is 4. The Morgan fingerprint density at radius 3 is 2.89 bits per heavy atom. The highest BCUT2D eigenvalue weighted by molar-refractivity contribution is 7.99. The largest absolute Gasteiger partial charge is 0.483 e. The quantitative estimate of drug-likeness (QED) is 0.256. The highest BCUT2D eigenvalue weighted by Gasteiger charge is 2.26. The Labute approximate surface area is 220 Å². The summed E-state index contributed by atoms with van der Waals surface area (Å²) in [7, 11) is 0. The van der Waals surface area contributed by atoms with Crippen LogP contribution < -0.4 is 10.1 Å². The van der Waals surface area contributed by atoms with Crippen LogP contribution in [0.3, 0.4) is 0 Å². The average Bonchev–Trinajstić information content (AvgIpc) is 3.44. The zero-order valence-electron chi connectivity index (χ0n) is 20.9. The summed E-state index contributed by atoms with van der Waals surface area (Å²) in [6.07, 6.45) is 5.59. The van der Waals surface area contributed by atoms with Crippen LogP contribution in [0.4, 0.5) is 5.00 Å². The van der Waals surface area contributed by atoms with Crippen molar-refractivity contribution in [2.45, 2.75) is 64.3 Å². The molecule has 1 amide bonds. The Morgan fingerprint density at radius 2 is 2.19 bits per heavy atom. The maximum Gasteiger partial charge on any atom is 0.235 e. The van der Waals surface area contributed by atoms with E-state index < -0.39 is 0 Å². The number of thioether (sulfide) groups is 1. The Balaban J connectivity index is 1.42. The number of ether oxygens (including phenoxy) is 1. The maximum atomic E-state index is 12.8. The standard InChI is InChI=1S/C27H31N5O2S2/c1-5-13-32-25(18(4)34-20-10-7-17(3)8-11-20)30-31-27(32)35-16-24(33)29-26-22(15-28)21-12-9-19(6-2)14-23(21)36-26/h5,7-8,10-11,18-19H,1,6,9,12-14,16H2,2-4H3,(H,29,33). The van der Waals surface area contributed by atoms with Gasteiger partial charge in [0.2, 0.25) is 5.91 Å². The number of thiophene rings is 1. The zero-order valence-corrected chi connectivity index (χ0v) is 22.5. The van der Waals surface area contributed by atoms with E-state index in [-0.39, 0.29) is 17.8 Å².